The molecule has 0 aromatic carbocycles. The van der Waals surface area contributed by atoms with Crippen LogP contribution in [0.25, 0.3) is 0 Å². The summed E-state index contributed by atoms with van der Waals surface area (Å²) < 4.78 is 48.9. The van der Waals surface area contributed by atoms with Crippen LogP contribution in [0.15, 0.2) is 6.20 Å². The van der Waals surface area contributed by atoms with E-state index >= 15 is 0 Å². The van der Waals surface area contributed by atoms with Gasteiger partial charge >= 0.3 is 16.3 Å². The van der Waals surface area contributed by atoms with Crippen LogP contribution in [-0.2, 0) is 22.0 Å². The van der Waals surface area contributed by atoms with E-state index in [1.54, 1.807) is 20.8 Å². The molecule has 2 heterocycles. The van der Waals surface area contributed by atoms with Crippen molar-refractivity contribution in [3.63, 3.8) is 0 Å². The fourth-order valence-corrected chi connectivity index (χ4v) is 4.10. The molecule has 9 nitrogen and oxygen atoms in total. The van der Waals surface area contributed by atoms with Crippen LogP contribution >= 0.6 is 0 Å². The Balaban J connectivity index is 2.33. The molecule has 1 amide bonds. The molecule has 0 saturated carbocycles. The molecule has 0 spiro atoms. The second-order valence-electron chi connectivity index (χ2n) is 7.38. The van der Waals surface area contributed by atoms with Gasteiger partial charge in [-0.25, -0.2) is 18.5 Å². The Labute approximate surface area is 153 Å². The highest BCUT2D eigenvalue weighted by molar-refractivity contribution is 7.91. The van der Waals surface area contributed by atoms with Crippen LogP contribution in [0.1, 0.15) is 33.6 Å². The summed E-state index contributed by atoms with van der Waals surface area (Å²) in [7, 11) is -1.07. The average Bonchev–Trinajstić information content (AvgIpc) is 2.79. The van der Waals surface area contributed by atoms with Crippen LogP contribution in [-0.4, -0.2) is 61.0 Å². The van der Waals surface area contributed by atoms with Crippen molar-refractivity contribution in [2.75, 3.05) is 24.4 Å². The number of likely N-dealkylation sites (tertiary alicyclic amines) is 1. The second kappa shape index (κ2) is 7.39. The van der Waals surface area contributed by atoms with Crippen molar-refractivity contribution in [1.29, 1.82) is 0 Å². The minimum Gasteiger partial charge on any atom is -0.443 e. The third-order valence-corrected chi connectivity index (χ3v) is 5.41. The van der Waals surface area contributed by atoms with Gasteiger partial charge in [0.05, 0.1) is 6.20 Å². The number of aryl methyl sites for hydroxylation is 1. The zero-order valence-electron chi connectivity index (χ0n) is 15.7. The van der Waals surface area contributed by atoms with Gasteiger partial charge in [-0.15, -0.1) is 0 Å². The van der Waals surface area contributed by atoms with E-state index in [2.05, 4.69) is 10.00 Å². The Morgan fingerprint density at radius 1 is 1.35 bits per heavy atom. The fourth-order valence-electron chi connectivity index (χ4n) is 2.76. The number of hydrogen-bond donors (Lipinski definition) is 1. The summed E-state index contributed by atoms with van der Waals surface area (Å²) in [6, 6.07) is -0.496. The highest BCUT2D eigenvalue weighted by atomic mass is 32.2. The van der Waals surface area contributed by atoms with E-state index in [9.17, 15) is 17.6 Å². The first-order valence-electron chi connectivity index (χ1n) is 8.32. The predicted molar refractivity (Wildman–Crippen MR) is 94.5 cm³/mol. The van der Waals surface area contributed by atoms with E-state index in [0.29, 0.717) is 25.9 Å². The lowest BCUT2D eigenvalue weighted by Gasteiger charge is -2.36. The Kier molecular flexibility index (Phi) is 5.81. The molecule has 1 N–H and O–H groups in total. The van der Waals surface area contributed by atoms with Gasteiger partial charge in [0.15, 0.2) is 0 Å². The van der Waals surface area contributed by atoms with E-state index in [4.69, 9.17) is 4.74 Å². The molecule has 148 valence electrons. The summed E-state index contributed by atoms with van der Waals surface area (Å²) in [5.74, 6) is -0.793. The van der Waals surface area contributed by atoms with Gasteiger partial charge in [-0.05, 0) is 53.8 Å². The number of nitrogens with zero attached hydrogens (tertiary/aromatic N) is 4. The van der Waals surface area contributed by atoms with Gasteiger partial charge in [-0.1, -0.05) is 0 Å². The fraction of sp³-hybridized carbons (Fsp3) is 0.733. The van der Waals surface area contributed by atoms with Crippen molar-refractivity contribution in [2.45, 2.75) is 45.3 Å². The van der Waals surface area contributed by atoms with E-state index in [1.165, 1.54) is 7.05 Å². The van der Waals surface area contributed by atoms with Gasteiger partial charge in [0, 0.05) is 13.1 Å². The van der Waals surface area contributed by atoms with Crippen molar-refractivity contribution in [2.24, 2.45) is 7.05 Å². The third kappa shape index (κ3) is 4.85. The molecule has 1 aromatic heterocycles. The van der Waals surface area contributed by atoms with E-state index in [1.807, 2.05) is 11.8 Å². The van der Waals surface area contributed by atoms with Gasteiger partial charge < -0.3 is 9.64 Å². The Bertz CT molecular complexity index is 751. The number of rotatable bonds is 4. The molecule has 11 heteroatoms. The summed E-state index contributed by atoms with van der Waals surface area (Å²) in [5.41, 5.74) is -1.06. The van der Waals surface area contributed by atoms with Crippen LogP contribution in [0.4, 0.5) is 14.9 Å². The molecule has 1 aromatic rings. The second-order valence-corrected chi connectivity index (χ2v) is 8.93. The maximum absolute atomic E-state index is 14.4. The van der Waals surface area contributed by atoms with Crippen LogP contribution in [0.3, 0.4) is 0 Å². The topological polar surface area (TPSA) is 96.8 Å². The third-order valence-electron chi connectivity index (χ3n) is 3.98. The summed E-state index contributed by atoms with van der Waals surface area (Å²) in [4.78, 5) is 14.0. The first-order chi connectivity index (χ1) is 11.9. The molecule has 0 atom stereocenters. The Morgan fingerprint density at radius 3 is 2.38 bits per heavy atom. The normalized spacial score (nSPS) is 17.2. The molecular formula is C15H26FN5O4S. The van der Waals surface area contributed by atoms with Crippen molar-refractivity contribution < 1.29 is 22.3 Å². The molecular weight excluding hydrogens is 365 g/mol. The summed E-state index contributed by atoms with van der Waals surface area (Å²) in [6.07, 6.45) is 1.03. The minimum absolute atomic E-state index is 0.196. The van der Waals surface area contributed by atoms with Gasteiger partial charge in [-0.3, -0.25) is 0 Å². The molecule has 0 bridgehead atoms. The lowest BCUT2D eigenvalue weighted by atomic mass is 10.1. The summed E-state index contributed by atoms with van der Waals surface area (Å²) >= 11 is 0. The van der Waals surface area contributed by atoms with Crippen LogP contribution in [0.2, 0.25) is 0 Å². The van der Waals surface area contributed by atoms with E-state index in [-0.39, 0.29) is 5.69 Å². The number of piperidine rings is 1. The highest BCUT2D eigenvalue weighted by Crippen LogP contribution is 2.28. The Hall–Kier alpha value is -1.88. The molecule has 1 aliphatic heterocycles. The standard InChI is InChI=1S/C15H26FN5O4S/c1-15(2,3)25-14(22)18-26(23,24)21(11-6-8-19(4)9-7-11)12-10-17-20(5)13(12)16/h10-11H,6-9H2,1-5H3,(H,18,22). The number of carbonyl (C=O) groups excluding carboxylic acids is 1. The Morgan fingerprint density at radius 2 is 1.92 bits per heavy atom. The van der Waals surface area contributed by atoms with Crippen LogP contribution in [0.5, 0.6) is 0 Å². The molecule has 1 fully saturated rings. The number of hydrogen-bond acceptors (Lipinski definition) is 6. The van der Waals surface area contributed by atoms with Crippen molar-refractivity contribution >= 4 is 22.0 Å². The number of nitrogens with one attached hydrogen (secondary N) is 1. The number of carbonyl (C=O) groups is 1. The van der Waals surface area contributed by atoms with Gasteiger partial charge in [0.2, 0.25) is 5.95 Å². The summed E-state index contributed by atoms with van der Waals surface area (Å²) in [5, 5.41) is 3.78. The molecule has 1 saturated heterocycles. The SMILES string of the molecule is CN1CCC(N(c2cnn(C)c2F)S(=O)(=O)NC(=O)OC(C)(C)C)CC1. The van der Waals surface area contributed by atoms with Crippen molar-refractivity contribution in [1.82, 2.24) is 19.4 Å². The minimum atomic E-state index is -4.38. The predicted octanol–water partition coefficient (Wildman–Crippen LogP) is 1.23. The number of aromatic nitrogens is 2. The maximum Gasteiger partial charge on any atom is 0.422 e. The molecule has 0 radical (unpaired) electrons. The lowest BCUT2D eigenvalue weighted by Crippen LogP contribution is -2.52. The zero-order valence-corrected chi connectivity index (χ0v) is 16.5. The van der Waals surface area contributed by atoms with E-state index < -0.39 is 33.9 Å². The molecule has 26 heavy (non-hydrogen) atoms. The largest absolute Gasteiger partial charge is 0.443 e. The lowest BCUT2D eigenvalue weighted by molar-refractivity contribution is 0.0570. The summed E-state index contributed by atoms with van der Waals surface area (Å²) in [6.45, 7) is 6.17. The number of halogens is 1. The van der Waals surface area contributed by atoms with Crippen LogP contribution in [0, 0.1) is 5.95 Å². The van der Waals surface area contributed by atoms with E-state index in [0.717, 1.165) is 15.2 Å². The maximum atomic E-state index is 14.4. The van der Waals surface area contributed by atoms with Crippen LogP contribution < -0.4 is 9.03 Å². The monoisotopic (exact) mass is 391 g/mol. The van der Waals surface area contributed by atoms with Gasteiger partial charge in [0.1, 0.15) is 11.3 Å². The number of anilines is 1. The van der Waals surface area contributed by atoms with Gasteiger partial charge in [-0.2, -0.15) is 17.9 Å². The first kappa shape index (κ1) is 20.4. The highest BCUT2D eigenvalue weighted by Gasteiger charge is 2.37. The zero-order chi connectivity index (χ0) is 19.7. The molecule has 0 aliphatic carbocycles. The molecule has 0 unspecified atom stereocenters. The van der Waals surface area contributed by atoms with Crippen molar-refractivity contribution in [3.8, 4) is 0 Å². The quantitative estimate of drug-likeness (QED) is 0.829. The van der Waals surface area contributed by atoms with Crippen molar-refractivity contribution in [3.05, 3.63) is 12.1 Å². The molecule has 2 rings (SSSR count). The smallest absolute Gasteiger partial charge is 0.422 e. The number of ether oxygens (including phenoxy) is 1. The molecule has 1 aliphatic rings. The average molecular weight is 391 g/mol. The van der Waals surface area contributed by atoms with Gasteiger partial charge in [0.25, 0.3) is 0 Å². The first-order valence-corrected chi connectivity index (χ1v) is 9.76. The number of amides is 1.